The van der Waals surface area contributed by atoms with E-state index in [9.17, 15) is 5.11 Å². The summed E-state index contributed by atoms with van der Waals surface area (Å²) in [6.45, 7) is 4.40. The van der Waals surface area contributed by atoms with Crippen LogP contribution in [0, 0.1) is 0 Å². The zero-order valence-electron chi connectivity index (χ0n) is 14.0. The Hall–Kier alpha value is -1.54. The van der Waals surface area contributed by atoms with Gasteiger partial charge in [-0.15, -0.1) is 0 Å². The highest BCUT2D eigenvalue weighted by Gasteiger charge is 2.19. The van der Waals surface area contributed by atoms with Crippen LogP contribution in [0.25, 0.3) is 0 Å². The molecule has 0 fully saturated rings. The maximum atomic E-state index is 9.91. The van der Waals surface area contributed by atoms with Gasteiger partial charge >= 0.3 is 0 Å². The number of ether oxygens (including phenoxy) is 1. The summed E-state index contributed by atoms with van der Waals surface area (Å²) >= 11 is 0. The van der Waals surface area contributed by atoms with Crippen LogP contribution in [0.2, 0.25) is 0 Å². The standard InChI is InChI=1S/C20H28O2/c1-15(17-9-7-10-18(14-17)22-3)8-5-4-6-11-19-16(2)12-13-20(19)21/h4-5,7,9-10,14-15,20-21H,6,8,11-13H2,1-3H3/t15-,20+/m0/s1. The number of methoxy groups -OCH3 is 1. The molecule has 0 heterocycles. The van der Waals surface area contributed by atoms with Gasteiger partial charge in [0.05, 0.1) is 13.2 Å². The van der Waals surface area contributed by atoms with Crippen molar-refractivity contribution < 1.29 is 9.84 Å². The fourth-order valence-corrected chi connectivity index (χ4v) is 3.09. The molecule has 120 valence electrons. The summed E-state index contributed by atoms with van der Waals surface area (Å²) in [4.78, 5) is 0. The Kier molecular flexibility index (Phi) is 6.26. The Labute approximate surface area is 134 Å². The van der Waals surface area contributed by atoms with E-state index in [1.807, 2.05) is 12.1 Å². The molecule has 2 rings (SSSR count). The lowest BCUT2D eigenvalue weighted by Crippen LogP contribution is -2.04. The lowest BCUT2D eigenvalue weighted by atomic mass is 9.97. The number of aliphatic hydroxyl groups is 1. The Balaban J connectivity index is 1.78. The molecule has 1 aliphatic carbocycles. The van der Waals surface area contributed by atoms with E-state index in [0.717, 1.165) is 37.9 Å². The molecular weight excluding hydrogens is 272 g/mol. The number of aliphatic hydroxyl groups excluding tert-OH is 1. The van der Waals surface area contributed by atoms with E-state index in [0.29, 0.717) is 5.92 Å². The van der Waals surface area contributed by atoms with E-state index in [1.165, 1.54) is 16.7 Å². The Morgan fingerprint density at radius 3 is 2.86 bits per heavy atom. The number of hydrogen-bond acceptors (Lipinski definition) is 2. The quantitative estimate of drug-likeness (QED) is 0.718. The normalized spacial score (nSPS) is 19.9. The molecule has 0 spiro atoms. The van der Waals surface area contributed by atoms with Gasteiger partial charge in [0.2, 0.25) is 0 Å². The second kappa shape index (κ2) is 8.19. The molecule has 2 heteroatoms. The van der Waals surface area contributed by atoms with E-state index >= 15 is 0 Å². The van der Waals surface area contributed by atoms with Crippen molar-refractivity contribution in [2.24, 2.45) is 0 Å². The average Bonchev–Trinajstić information content (AvgIpc) is 2.86. The molecule has 0 amide bonds. The molecule has 0 bridgehead atoms. The number of hydrogen-bond donors (Lipinski definition) is 1. The predicted molar refractivity (Wildman–Crippen MR) is 92.3 cm³/mol. The highest BCUT2D eigenvalue weighted by molar-refractivity contribution is 5.30. The highest BCUT2D eigenvalue weighted by atomic mass is 16.5. The third-order valence-corrected chi connectivity index (χ3v) is 4.64. The summed E-state index contributed by atoms with van der Waals surface area (Å²) in [5.74, 6) is 1.41. The summed E-state index contributed by atoms with van der Waals surface area (Å²) in [5, 5.41) is 9.91. The van der Waals surface area contributed by atoms with Gasteiger partial charge in [-0.1, -0.05) is 36.8 Å². The average molecular weight is 300 g/mol. The van der Waals surface area contributed by atoms with Crippen molar-refractivity contribution in [1.82, 2.24) is 0 Å². The van der Waals surface area contributed by atoms with Crippen LogP contribution in [0.3, 0.4) is 0 Å². The maximum absolute atomic E-state index is 9.91. The minimum absolute atomic E-state index is 0.191. The van der Waals surface area contributed by atoms with Crippen LogP contribution >= 0.6 is 0 Å². The largest absolute Gasteiger partial charge is 0.497 e. The van der Waals surface area contributed by atoms with Crippen molar-refractivity contribution in [2.45, 2.75) is 58.0 Å². The van der Waals surface area contributed by atoms with Gasteiger partial charge in [0.15, 0.2) is 0 Å². The van der Waals surface area contributed by atoms with Gasteiger partial charge in [-0.25, -0.2) is 0 Å². The summed E-state index contributed by atoms with van der Waals surface area (Å²) in [5.41, 5.74) is 3.98. The van der Waals surface area contributed by atoms with E-state index in [4.69, 9.17) is 4.74 Å². The van der Waals surface area contributed by atoms with Gasteiger partial charge in [0.25, 0.3) is 0 Å². The van der Waals surface area contributed by atoms with Crippen LogP contribution in [0.5, 0.6) is 5.75 Å². The summed E-state index contributed by atoms with van der Waals surface area (Å²) in [6, 6.07) is 8.30. The molecule has 1 aliphatic rings. The summed E-state index contributed by atoms with van der Waals surface area (Å²) in [7, 11) is 1.71. The molecule has 1 aromatic carbocycles. The third kappa shape index (κ3) is 4.48. The fourth-order valence-electron chi connectivity index (χ4n) is 3.09. The lowest BCUT2D eigenvalue weighted by Gasteiger charge is -2.11. The first-order valence-corrected chi connectivity index (χ1v) is 8.27. The van der Waals surface area contributed by atoms with E-state index < -0.39 is 0 Å². The minimum atomic E-state index is -0.191. The Morgan fingerprint density at radius 1 is 1.36 bits per heavy atom. The van der Waals surface area contributed by atoms with Gasteiger partial charge in [0.1, 0.15) is 5.75 Å². The molecule has 0 radical (unpaired) electrons. The zero-order chi connectivity index (χ0) is 15.9. The maximum Gasteiger partial charge on any atom is 0.119 e. The molecule has 22 heavy (non-hydrogen) atoms. The van der Waals surface area contributed by atoms with Crippen LogP contribution in [-0.2, 0) is 0 Å². The molecule has 1 aromatic rings. The molecule has 0 aliphatic heterocycles. The minimum Gasteiger partial charge on any atom is -0.497 e. The first-order chi connectivity index (χ1) is 10.6. The smallest absolute Gasteiger partial charge is 0.119 e. The van der Waals surface area contributed by atoms with Gasteiger partial charge < -0.3 is 9.84 Å². The zero-order valence-corrected chi connectivity index (χ0v) is 14.0. The SMILES string of the molecule is COc1cccc([C@@H](C)CC=CCCC2=C(C)CC[C@H]2O)c1. The van der Waals surface area contributed by atoms with Crippen LogP contribution in [0.1, 0.15) is 57.4 Å². The van der Waals surface area contributed by atoms with E-state index in [1.54, 1.807) is 7.11 Å². The molecular formula is C20H28O2. The molecule has 0 unspecified atom stereocenters. The van der Waals surface area contributed by atoms with Crippen molar-refractivity contribution >= 4 is 0 Å². The van der Waals surface area contributed by atoms with Crippen molar-refractivity contribution in [3.05, 3.63) is 53.1 Å². The second-order valence-electron chi connectivity index (χ2n) is 6.28. The summed E-state index contributed by atoms with van der Waals surface area (Å²) in [6.07, 6.45) is 9.36. The second-order valence-corrected chi connectivity index (χ2v) is 6.28. The molecule has 2 atom stereocenters. The molecule has 0 aromatic heterocycles. The van der Waals surface area contributed by atoms with Gasteiger partial charge in [-0.05, 0) is 68.2 Å². The van der Waals surface area contributed by atoms with Gasteiger partial charge in [0, 0.05) is 0 Å². The number of rotatable bonds is 7. The summed E-state index contributed by atoms with van der Waals surface area (Å²) < 4.78 is 5.28. The number of benzene rings is 1. The van der Waals surface area contributed by atoms with Crippen molar-refractivity contribution in [3.63, 3.8) is 0 Å². The van der Waals surface area contributed by atoms with E-state index in [2.05, 4.69) is 38.1 Å². The topological polar surface area (TPSA) is 29.5 Å². The molecule has 2 nitrogen and oxygen atoms in total. The van der Waals surface area contributed by atoms with Gasteiger partial charge in [-0.2, -0.15) is 0 Å². The van der Waals surface area contributed by atoms with Crippen molar-refractivity contribution in [3.8, 4) is 5.75 Å². The molecule has 0 saturated heterocycles. The Bertz CT molecular complexity index is 542. The first kappa shape index (κ1) is 16.8. The van der Waals surface area contributed by atoms with Crippen LogP contribution in [0.4, 0.5) is 0 Å². The van der Waals surface area contributed by atoms with Crippen molar-refractivity contribution in [2.75, 3.05) is 7.11 Å². The van der Waals surface area contributed by atoms with Crippen LogP contribution in [0.15, 0.2) is 47.6 Å². The van der Waals surface area contributed by atoms with Crippen LogP contribution in [-0.4, -0.2) is 18.3 Å². The fraction of sp³-hybridized carbons (Fsp3) is 0.500. The Morgan fingerprint density at radius 2 is 2.18 bits per heavy atom. The van der Waals surface area contributed by atoms with Crippen molar-refractivity contribution in [1.29, 1.82) is 0 Å². The molecule has 1 N–H and O–H groups in total. The third-order valence-electron chi connectivity index (χ3n) is 4.64. The van der Waals surface area contributed by atoms with Gasteiger partial charge in [-0.3, -0.25) is 0 Å². The lowest BCUT2D eigenvalue weighted by molar-refractivity contribution is 0.208. The molecule has 0 saturated carbocycles. The predicted octanol–water partition coefficient (Wildman–Crippen LogP) is 5.00. The monoisotopic (exact) mass is 300 g/mol. The number of allylic oxidation sites excluding steroid dienone is 3. The van der Waals surface area contributed by atoms with Crippen LogP contribution < -0.4 is 4.74 Å². The van der Waals surface area contributed by atoms with E-state index in [-0.39, 0.29) is 6.10 Å². The first-order valence-electron chi connectivity index (χ1n) is 8.27. The highest BCUT2D eigenvalue weighted by Crippen LogP contribution is 2.29.